The molecule has 35 heavy (non-hydrogen) atoms. The van der Waals surface area contributed by atoms with Crippen LogP contribution in [0, 0.1) is 0 Å². The van der Waals surface area contributed by atoms with Crippen LogP contribution in [0.25, 0.3) is 11.2 Å². The van der Waals surface area contributed by atoms with Crippen molar-refractivity contribution in [3.8, 4) is 0 Å². The minimum Gasteiger partial charge on any atom is -0.467 e. The minimum absolute atomic E-state index is 0.0132. The van der Waals surface area contributed by atoms with Crippen LogP contribution in [0.3, 0.4) is 0 Å². The summed E-state index contributed by atoms with van der Waals surface area (Å²) >= 11 is 0. The maximum atomic E-state index is 12.2. The molecule has 15 heteroatoms. The number of anilines is 1. The summed E-state index contributed by atoms with van der Waals surface area (Å²) < 4.78 is 35.1. The molecule has 4 N–H and O–H groups in total. The molecule has 3 aliphatic heterocycles. The van der Waals surface area contributed by atoms with Gasteiger partial charge in [0.05, 0.1) is 19.5 Å². The van der Waals surface area contributed by atoms with Gasteiger partial charge in [0.15, 0.2) is 29.9 Å². The zero-order valence-corrected chi connectivity index (χ0v) is 19.0. The van der Waals surface area contributed by atoms with Gasteiger partial charge < -0.3 is 44.4 Å². The molecule has 0 amide bonds. The summed E-state index contributed by atoms with van der Waals surface area (Å²) in [5, 5.41) is 22.3. The highest BCUT2D eigenvalue weighted by atomic mass is 16.7. The predicted octanol–water partition coefficient (Wildman–Crippen LogP) is -1.97. The fourth-order valence-corrected chi connectivity index (χ4v) is 4.95. The van der Waals surface area contributed by atoms with Gasteiger partial charge in [0.2, 0.25) is 5.79 Å². The topological polar surface area (TPSA) is 200 Å². The summed E-state index contributed by atoms with van der Waals surface area (Å²) in [4.78, 5) is 36.4. The molecule has 5 rings (SSSR count). The SMILES string of the molecule is COC(=O)C1OC2CC3OC(n4cnc5c(N)ncnc54)C(OC)C3OC2(O)C(OC(C)=O)C1O. The Morgan fingerprint density at radius 3 is 2.71 bits per heavy atom. The van der Waals surface area contributed by atoms with Crippen LogP contribution < -0.4 is 5.73 Å². The minimum atomic E-state index is -2.31. The number of esters is 2. The fourth-order valence-electron chi connectivity index (χ4n) is 4.95. The smallest absolute Gasteiger partial charge is 0.337 e. The van der Waals surface area contributed by atoms with Crippen LogP contribution in [-0.2, 0) is 38.0 Å². The molecule has 2 aromatic rings. The van der Waals surface area contributed by atoms with E-state index in [0.717, 1.165) is 14.0 Å². The van der Waals surface area contributed by atoms with Crippen molar-refractivity contribution in [3.05, 3.63) is 12.7 Å². The number of aliphatic hydroxyl groups is 2. The molecular formula is C20H25N5O10. The van der Waals surface area contributed by atoms with Crippen molar-refractivity contribution < 1.29 is 48.2 Å². The summed E-state index contributed by atoms with van der Waals surface area (Å²) in [7, 11) is 2.56. The number of nitrogens with zero attached hydrogens (tertiary/aromatic N) is 4. The summed E-state index contributed by atoms with van der Waals surface area (Å²) in [5.74, 6) is -3.82. The second-order valence-electron chi connectivity index (χ2n) is 8.51. The number of aromatic nitrogens is 4. The molecule has 3 saturated heterocycles. The third kappa shape index (κ3) is 3.62. The van der Waals surface area contributed by atoms with Gasteiger partial charge in [0, 0.05) is 20.5 Å². The molecular weight excluding hydrogens is 470 g/mol. The van der Waals surface area contributed by atoms with Gasteiger partial charge >= 0.3 is 11.9 Å². The number of methoxy groups -OCH3 is 2. The number of nitrogen functional groups attached to an aromatic ring is 1. The Hall–Kier alpha value is -2.95. The van der Waals surface area contributed by atoms with Crippen molar-refractivity contribution in [1.29, 1.82) is 0 Å². The molecule has 15 nitrogen and oxygen atoms in total. The Morgan fingerprint density at radius 1 is 1.26 bits per heavy atom. The first-order valence-corrected chi connectivity index (χ1v) is 10.8. The van der Waals surface area contributed by atoms with Gasteiger partial charge in [-0.15, -0.1) is 0 Å². The highest BCUT2D eigenvalue weighted by Gasteiger charge is 2.67. The Balaban J connectivity index is 1.50. The van der Waals surface area contributed by atoms with Gasteiger partial charge in [-0.1, -0.05) is 0 Å². The number of aliphatic hydroxyl groups excluding tert-OH is 1. The van der Waals surface area contributed by atoms with Crippen LogP contribution in [0.2, 0.25) is 0 Å². The lowest BCUT2D eigenvalue weighted by Gasteiger charge is -2.52. The number of carbonyl (C=O) groups excluding carboxylic acids is 2. The highest BCUT2D eigenvalue weighted by Crippen LogP contribution is 2.47. The number of imidazole rings is 1. The lowest BCUT2D eigenvalue weighted by molar-refractivity contribution is -0.397. The third-order valence-corrected chi connectivity index (χ3v) is 6.52. The maximum Gasteiger partial charge on any atom is 0.337 e. The first-order valence-electron chi connectivity index (χ1n) is 10.8. The molecule has 0 bridgehead atoms. The lowest BCUT2D eigenvalue weighted by atomic mass is 9.84. The fraction of sp³-hybridized carbons (Fsp3) is 0.650. The molecule has 3 fully saturated rings. The molecule has 9 atom stereocenters. The second kappa shape index (κ2) is 8.61. The highest BCUT2D eigenvalue weighted by molar-refractivity contribution is 5.81. The van der Waals surface area contributed by atoms with Crippen LogP contribution in [0.15, 0.2) is 12.7 Å². The molecule has 0 radical (unpaired) electrons. The largest absolute Gasteiger partial charge is 0.467 e. The third-order valence-electron chi connectivity index (χ3n) is 6.52. The molecule has 190 valence electrons. The number of rotatable bonds is 4. The maximum absolute atomic E-state index is 12.2. The van der Waals surface area contributed by atoms with Crippen LogP contribution in [-0.4, -0.2) is 104 Å². The van der Waals surface area contributed by atoms with E-state index in [1.807, 2.05) is 0 Å². The van der Waals surface area contributed by atoms with E-state index in [4.69, 9.17) is 34.2 Å². The Labute approximate surface area is 198 Å². The van der Waals surface area contributed by atoms with Crippen molar-refractivity contribution >= 4 is 28.9 Å². The number of ether oxygens (including phenoxy) is 6. The van der Waals surface area contributed by atoms with E-state index in [1.165, 1.54) is 19.8 Å². The van der Waals surface area contributed by atoms with Crippen LogP contribution in [0.1, 0.15) is 19.6 Å². The molecule has 5 heterocycles. The van der Waals surface area contributed by atoms with E-state index < -0.39 is 66.7 Å². The average Bonchev–Trinajstić information content (AvgIpc) is 3.40. The van der Waals surface area contributed by atoms with Crippen molar-refractivity contribution in [2.24, 2.45) is 0 Å². The van der Waals surface area contributed by atoms with Gasteiger partial charge in [0.25, 0.3) is 0 Å². The van der Waals surface area contributed by atoms with Crippen molar-refractivity contribution in [2.75, 3.05) is 20.0 Å². The predicted molar refractivity (Wildman–Crippen MR) is 111 cm³/mol. The number of nitrogens with two attached hydrogens (primary N) is 1. The van der Waals surface area contributed by atoms with Crippen LogP contribution >= 0.6 is 0 Å². The second-order valence-corrected chi connectivity index (χ2v) is 8.51. The van der Waals surface area contributed by atoms with E-state index in [-0.39, 0.29) is 12.2 Å². The van der Waals surface area contributed by atoms with E-state index in [1.54, 1.807) is 4.57 Å². The van der Waals surface area contributed by atoms with Crippen molar-refractivity contribution in [2.45, 2.75) is 68.1 Å². The number of hydrogen-bond acceptors (Lipinski definition) is 14. The molecule has 0 saturated carbocycles. The van der Waals surface area contributed by atoms with E-state index in [9.17, 15) is 19.8 Å². The zero-order valence-electron chi connectivity index (χ0n) is 19.0. The Morgan fingerprint density at radius 2 is 2.03 bits per heavy atom. The molecule has 0 spiro atoms. The zero-order chi connectivity index (χ0) is 25.1. The average molecular weight is 495 g/mol. The summed E-state index contributed by atoms with van der Waals surface area (Å²) in [6, 6.07) is 0. The standard InChI is InChI=1S/C20H25N5O10/c1-7(26)32-15-11(27)13(19(28)31-3)34-9-4-8-12(35-20(9,15)29)14(30-2)18(33-8)25-6-24-10-16(21)22-5-23-17(10)25/h5-6,8-9,11-15,18,27,29H,4H2,1-3H3,(H2,21,22,23). The van der Waals surface area contributed by atoms with Gasteiger partial charge in [-0.3, -0.25) is 9.36 Å². The van der Waals surface area contributed by atoms with E-state index >= 15 is 0 Å². The van der Waals surface area contributed by atoms with E-state index in [2.05, 4.69) is 15.0 Å². The monoisotopic (exact) mass is 495 g/mol. The summed E-state index contributed by atoms with van der Waals surface area (Å²) in [5.41, 5.74) is 6.66. The van der Waals surface area contributed by atoms with Crippen molar-refractivity contribution in [3.63, 3.8) is 0 Å². The Bertz CT molecular complexity index is 1140. The van der Waals surface area contributed by atoms with Crippen LogP contribution in [0.4, 0.5) is 5.82 Å². The normalized spacial score (nSPS) is 38.5. The molecule has 2 aromatic heterocycles. The molecule has 0 aromatic carbocycles. The molecule has 3 aliphatic rings. The molecule has 9 unspecified atom stereocenters. The van der Waals surface area contributed by atoms with Crippen LogP contribution in [0.5, 0.6) is 0 Å². The first-order chi connectivity index (χ1) is 16.7. The van der Waals surface area contributed by atoms with Gasteiger partial charge in [-0.05, 0) is 0 Å². The number of fused-ring (bicyclic) bond motifs is 3. The number of hydrogen-bond donors (Lipinski definition) is 3. The Kier molecular flexibility index (Phi) is 5.85. The quantitative estimate of drug-likeness (QED) is 0.394. The summed E-state index contributed by atoms with van der Waals surface area (Å²) in [6.07, 6.45) is -6.53. The number of carbonyl (C=O) groups is 2. The summed E-state index contributed by atoms with van der Waals surface area (Å²) in [6.45, 7) is 1.10. The lowest BCUT2D eigenvalue weighted by Crippen LogP contribution is -2.73. The van der Waals surface area contributed by atoms with E-state index in [0.29, 0.717) is 11.2 Å². The van der Waals surface area contributed by atoms with Gasteiger partial charge in [-0.25, -0.2) is 19.7 Å². The van der Waals surface area contributed by atoms with Gasteiger partial charge in [-0.2, -0.15) is 0 Å². The van der Waals surface area contributed by atoms with Crippen molar-refractivity contribution in [1.82, 2.24) is 19.5 Å². The first kappa shape index (κ1) is 23.8. The van der Waals surface area contributed by atoms with Gasteiger partial charge in [0.1, 0.15) is 36.3 Å². The molecule has 0 aliphatic carbocycles.